The van der Waals surface area contributed by atoms with Gasteiger partial charge >= 0.3 is 0 Å². The van der Waals surface area contributed by atoms with Crippen molar-refractivity contribution in [2.75, 3.05) is 12.8 Å². The third kappa shape index (κ3) is 2.88. The molecule has 0 radical (unpaired) electrons. The van der Waals surface area contributed by atoms with E-state index in [9.17, 15) is 0 Å². The molecule has 0 spiro atoms. The number of anilines is 1. The molecule has 88 valence electrons. The van der Waals surface area contributed by atoms with E-state index in [1.54, 1.807) is 13.3 Å². The highest BCUT2D eigenvalue weighted by Crippen LogP contribution is 2.32. The molecule has 2 rings (SSSR count). The molecule has 1 aromatic heterocycles. The van der Waals surface area contributed by atoms with Gasteiger partial charge in [-0.2, -0.15) is 0 Å². The van der Waals surface area contributed by atoms with Gasteiger partial charge in [-0.05, 0) is 43.0 Å². The van der Waals surface area contributed by atoms with E-state index in [4.69, 9.17) is 10.5 Å². The van der Waals surface area contributed by atoms with Gasteiger partial charge in [-0.15, -0.1) is 0 Å². The first-order valence-corrected chi connectivity index (χ1v) is 5.91. The van der Waals surface area contributed by atoms with E-state index in [-0.39, 0.29) is 0 Å². The lowest BCUT2D eigenvalue weighted by atomic mass is 10.3. The molecule has 2 N–H and O–H groups in total. The molecule has 0 saturated carbocycles. The Hall–Kier alpha value is -1.75. The largest absolute Gasteiger partial charge is 0.497 e. The molecule has 0 fully saturated rings. The molecular formula is C12H13N3OS. The second-order valence-electron chi connectivity index (χ2n) is 3.49. The average molecular weight is 247 g/mol. The Labute approximate surface area is 104 Å². The number of rotatable bonds is 3. The minimum Gasteiger partial charge on any atom is -0.497 e. The molecule has 4 nitrogen and oxygen atoms in total. The number of hydrogen-bond donors (Lipinski definition) is 1. The third-order valence-electron chi connectivity index (χ3n) is 2.19. The van der Waals surface area contributed by atoms with Crippen molar-refractivity contribution in [1.82, 2.24) is 9.97 Å². The summed E-state index contributed by atoms with van der Waals surface area (Å²) >= 11 is 1.43. The summed E-state index contributed by atoms with van der Waals surface area (Å²) in [5.74, 6) is 0.773. The van der Waals surface area contributed by atoms with Crippen molar-refractivity contribution in [1.29, 1.82) is 0 Å². The summed E-state index contributed by atoms with van der Waals surface area (Å²) in [4.78, 5) is 9.41. The van der Waals surface area contributed by atoms with Crippen molar-refractivity contribution in [2.45, 2.75) is 17.0 Å². The van der Waals surface area contributed by atoms with Crippen molar-refractivity contribution in [3.8, 4) is 5.75 Å². The van der Waals surface area contributed by atoms with Crippen LogP contribution in [0.5, 0.6) is 5.75 Å². The van der Waals surface area contributed by atoms with Crippen LogP contribution in [0.15, 0.2) is 40.5 Å². The summed E-state index contributed by atoms with van der Waals surface area (Å²) in [6, 6.07) is 7.39. The first-order valence-electron chi connectivity index (χ1n) is 5.10. The lowest BCUT2D eigenvalue weighted by Gasteiger charge is -2.06. The van der Waals surface area contributed by atoms with Crippen LogP contribution >= 0.6 is 11.8 Å². The van der Waals surface area contributed by atoms with Crippen LogP contribution in [0.3, 0.4) is 0 Å². The summed E-state index contributed by atoms with van der Waals surface area (Å²) in [6.45, 7) is 1.93. The zero-order chi connectivity index (χ0) is 12.3. The smallest absolute Gasteiger partial charge is 0.192 e. The lowest BCUT2D eigenvalue weighted by molar-refractivity contribution is 0.414. The highest BCUT2D eigenvalue weighted by atomic mass is 32.2. The van der Waals surface area contributed by atoms with E-state index >= 15 is 0 Å². The van der Waals surface area contributed by atoms with Crippen LogP contribution in [-0.2, 0) is 0 Å². The van der Waals surface area contributed by atoms with E-state index in [1.807, 2.05) is 31.2 Å². The van der Waals surface area contributed by atoms with Gasteiger partial charge in [-0.3, -0.25) is 0 Å². The van der Waals surface area contributed by atoms with Gasteiger partial charge in [-0.1, -0.05) is 0 Å². The van der Waals surface area contributed by atoms with E-state index in [0.29, 0.717) is 10.8 Å². The van der Waals surface area contributed by atoms with E-state index in [2.05, 4.69) is 9.97 Å². The van der Waals surface area contributed by atoms with Gasteiger partial charge in [0.2, 0.25) is 0 Å². The molecule has 1 aromatic carbocycles. The van der Waals surface area contributed by atoms with Crippen LogP contribution in [0.4, 0.5) is 5.69 Å². The number of aromatic nitrogens is 2. The maximum Gasteiger partial charge on any atom is 0.192 e. The summed E-state index contributed by atoms with van der Waals surface area (Å²) < 4.78 is 5.16. The fourth-order valence-corrected chi connectivity index (χ4v) is 2.16. The molecule has 5 heteroatoms. The normalized spacial score (nSPS) is 10.2. The SMILES string of the molecule is COc1ccc(N)c(Sc2nccc(C)n2)c1. The second kappa shape index (κ2) is 5.05. The Balaban J connectivity index is 2.29. The van der Waals surface area contributed by atoms with Crippen molar-refractivity contribution in [2.24, 2.45) is 0 Å². The first-order chi connectivity index (χ1) is 8.19. The zero-order valence-corrected chi connectivity index (χ0v) is 10.5. The Kier molecular flexibility index (Phi) is 3.49. The van der Waals surface area contributed by atoms with Crippen LogP contribution in [0.1, 0.15) is 5.69 Å². The maximum atomic E-state index is 5.90. The molecule has 0 atom stereocenters. The highest BCUT2D eigenvalue weighted by Gasteiger charge is 2.06. The molecule has 0 aliphatic heterocycles. The van der Waals surface area contributed by atoms with Crippen LogP contribution in [0.2, 0.25) is 0 Å². The molecule has 17 heavy (non-hydrogen) atoms. The monoisotopic (exact) mass is 247 g/mol. The van der Waals surface area contributed by atoms with Crippen LogP contribution in [-0.4, -0.2) is 17.1 Å². The topological polar surface area (TPSA) is 61.0 Å². The quantitative estimate of drug-likeness (QED) is 0.667. The van der Waals surface area contributed by atoms with E-state index in [0.717, 1.165) is 16.3 Å². The van der Waals surface area contributed by atoms with Crippen LogP contribution in [0.25, 0.3) is 0 Å². The summed E-state index contributed by atoms with van der Waals surface area (Å²) in [6.07, 6.45) is 1.74. The number of aryl methyl sites for hydroxylation is 1. The molecule has 0 aliphatic carbocycles. The molecule has 2 aromatic rings. The third-order valence-corrected chi connectivity index (χ3v) is 3.15. The fraction of sp³-hybridized carbons (Fsp3) is 0.167. The molecule has 0 saturated heterocycles. The van der Waals surface area contributed by atoms with Gasteiger partial charge in [0.05, 0.1) is 7.11 Å². The number of nitrogens with two attached hydrogens (primary N) is 1. The maximum absolute atomic E-state index is 5.90. The molecular weight excluding hydrogens is 234 g/mol. The fourth-order valence-electron chi connectivity index (χ4n) is 1.30. The Morgan fingerprint density at radius 1 is 1.29 bits per heavy atom. The minimum atomic E-state index is 0.685. The van der Waals surface area contributed by atoms with E-state index in [1.165, 1.54) is 11.8 Å². The van der Waals surface area contributed by atoms with Gasteiger partial charge in [0, 0.05) is 22.5 Å². The Morgan fingerprint density at radius 3 is 2.82 bits per heavy atom. The summed E-state index contributed by atoms with van der Waals surface area (Å²) in [5.41, 5.74) is 7.53. The zero-order valence-electron chi connectivity index (χ0n) is 9.68. The summed E-state index contributed by atoms with van der Waals surface area (Å²) in [7, 11) is 1.63. The van der Waals surface area contributed by atoms with Crippen LogP contribution in [0, 0.1) is 6.92 Å². The number of nitrogen functional groups attached to an aromatic ring is 1. The van der Waals surface area contributed by atoms with Crippen molar-refractivity contribution in [3.63, 3.8) is 0 Å². The predicted octanol–water partition coefficient (Wildman–Crippen LogP) is 2.53. The van der Waals surface area contributed by atoms with Crippen molar-refractivity contribution >= 4 is 17.4 Å². The molecule has 0 unspecified atom stereocenters. The Bertz CT molecular complexity index is 531. The van der Waals surface area contributed by atoms with E-state index < -0.39 is 0 Å². The molecule has 0 amide bonds. The standard InChI is InChI=1S/C12H13N3OS/c1-8-5-6-14-12(15-8)17-11-7-9(16-2)3-4-10(11)13/h3-7H,13H2,1-2H3. The second-order valence-corrected chi connectivity index (χ2v) is 4.50. The summed E-state index contributed by atoms with van der Waals surface area (Å²) in [5, 5.41) is 0.685. The molecule has 0 aliphatic rings. The first kappa shape index (κ1) is 11.7. The van der Waals surface area contributed by atoms with Crippen molar-refractivity contribution < 1.29 is 4.74 Å². The number of ether oxygens (including phenoxy) is 1. The lowest BCUT2D eigenvalue weighted by Crippen LogP contribution is -1.93. The van der Waals surface area contributed by atoms with Gasteiger partial charge in [-0.25, -0.2) is 9.97 Å². The van der Waals surface area contributed by atoms with Gasteiger partial charge < -0.3 is 10.5 Å². The predicted molar refractivity (Wildman–Crippen MR) is 68.3 cm³/mol. The highest BCUT2D eigenvalue weighted by molar-refractivity contribution is 7.99. The number of methoxy groups -OCH3 is 1. The molecule has 0 bridgehead atoms. The number of nitrogens with zero attached hydrogens (tertiary/aromatic N) is 2. The minimum absolute atomic E-state index is 0.685. The Morgan fingerprint density at radius 2 is 2.12 bits per heavy atom. The average Bonchev–Trinajstić information content (AvgIpc) is 2.32. The number of benzene rings is 1. The molecule has 1 heterocycles. The van der Waals surface area contributed by atoms with Gasteiger partial charge in [0.15, 0.2) is 5.16 Å². The number of hydrogen-bond acceptors (Lipinski definition) is 5. The van der Waals surface area contributed by atoms with Gasteiger partial charge in [0.1, 0.15) is 5.75 Å². The van der Waals surface area contributed by atoms with Gasteiger partial charge in [0.25, 0.3) is 0 Å². The van der Waals surface area contributed by atoms with Crippen molar-refractivity contribution in [3.05, 3.63) is 36.2 Å². The van der Waals surface area contributed by atoms with Crippen LogP contribution < -0.4 is 10.5 Å².